The van der Waals surface area contributed by atoms with Crippen molar-refractivity contribution >= 4 is 16.7 Å². The van der Waals surface area contributed by atoms with Crippen molar-refractivity contribution < 1.29 is 9.47 Å². The molecule has 1 saturated heterocycles. The summed E-state index contributed by atoms with van der Waals surface area (Å²) < 4.78 is 14.8. The van der Waals surface area contributed by atoms with E-state index >= 15 is 0 Å². The van der Waals surface area contributed by atoms with Crippen molar-refractivity contribution in [1.29, 1.82) is 0 Å². The summed E-state index contributed by atoms with van der Waals surface area (Å²) in [5, 5.41) is 4.17. The SMILES string of the molecule is COCc1nsc(NC(C)C2CCCO2)n1. The zero-order valence-electron chi connectivity index (χ0n) is 9.60. The normalized spacial score (nSPS) is 22.2. The lowest BCUT2D eigenvalue weighted by atomic mass is 10.1. The number of nitrogens with zero attached hydrogens (tertiary/aromatic N) is 2. The van der Waals surface area contributed by atoms with Crippen molar-refractivity contribution in [1.82, 2.24) is 9.36 Å². The Hall–Kier alpha value is -0.720. The molecule has 0 saturated carbocycles. The fraction of sp³-hybridized carbons (Fsp3) is 0.800. The van der Waals surface area contributed by atoms with Crippen molar-refractivity contribution in [2.45, 2.75) is 38.5 Å². The molecule has 2 rings (SSSR count). The minimum absolute atomic E-state index is 0.283. The second-order valence-electron chi connectivity index (χ2n) is 3.93. The lowest BCUT2D eigenvalue weighted by Crippen LogP contribution is -2.29. The monoisotopic (exact) mass is 243 g/mol. The Labute approximate surface area is 99.3 Å². The first-order chi connectivity index (χ1) is 7.79. The Bertz CT molecular complexity index is 326. The number of methoxy groups -OCH3 is 1. The topological polar surface area (TPSA) is 56.3 Å². The third-order valence-corrected chi connectivity index (χ3v) is 3.30. The molecular weight excluding hydrogens is 226 g/mol. The van der Waals surface area contributed by atoms with E-state index in [4.69, 9.17) is 9.47 Å². The molecule has 0 amide bonds. The number of hydrogen-bond donors (Lipinski definition) is 1. The summed E-state index contributed by atoms with van der Waals surface area (Å²) in [5.41, 5.74) is 0. The summed E-state index contributed by atoms with van der Waals surface area (Å²) in [6.07, 6.45) is 2.58. The van der Waals surface area contributed by atoms with Crippen LogP contribution >= 0.6 is 11.5 Å². The molecule has 1 aliphatic heterocycles. The number of aromatic nitrogens is 2. The summed E-state index contributed by atoms with van der Waals surface area (Å²) in [7, 11) is 1.64. The van der Waals surface area contributed by atoms with Crippen LogP contribution in [0.1, 0.15) is 25.6 Å². The molecule has 1 aromatic rings. The van der Waals surface area contributed by atoms with Crippen molar-refractivity contribution in [3.8, 4) is 0 Å². The standard InChI is InChI=1S/C10H17N3O2S/c1-7(8-4-3-5-15-8)11-10-12-9(6-14-2)13-16-10/h7-8H,3-6H2,1-2H3,(H,11,12,13). The first kappa shape index (κ1) is 11.8. The molecule has 90 valence electrons. The largest absolute Gasteiger partial charge is 0.377 e. The molecular formula is C10H17N3O2S. The van der Waals surface area contributed by atoms with Crippen LogP contribution in [0.2, 0.25) is 0 Å². The highest BCUT2D eigenvalue weighted by molar-refractivity contribution is 7.09. The third kappa shape index (κ3) is 2.90. The highest BCUT2D eigenvalue weighted by Crippen LogP contribution is 2.20. The molecule has 2 unspecified atom stereocenters. The van der Waals surface area contributed by atoms with Gasteiger partial charge in [0.1, 0.15) is 6.61 Å². The molecule has 1 N–H and O–H groups in total. The zero-order chi connectivity index (χ0) is 11.4. The van der Waals surface area contributed by atoms with Gasteiger partial charge in [-0.1, -0.05) is 0 Å². The highest BCUT2D eigenvalue weighted by atomic mass is 32.1. The maximum Gasteiger partial charge on any atom is 0.202 e. The van der Waals surface area contributed by atoms with Gasteiger partial charge >= 0.3 is 0 Å². The van der Waals surface area contributed by atoms with Gasteiger partial charge in [-0.05, 0) is 19.8 Å². The fourth-order valence-electron chi connectivity index (χ4n) is 1.78. The fourth-order valence-corrected chi connectivity index (χ4v) is 2.46. The van der Waals surface area contributed by atoms with Gasteiger partial charge < -0.3 is 14.8 Å². The summed E-state index contributed by atoms with van der Waals surface area (Å²) >= 11 is 1.37. The summed E-state index contributed by atoms with van der Waals surface area (Å²) in [5.74, 6) is 0.731. The van der Waals surface area contributed by atoms with Gasteiger partial charge in [0.05, 0.1) is 12.1 Å². The Morgan fingerprint density at radius 1 is 1.69 bits per heavy atom. The molecule has 0 aromatic carbocycles. The van der Waals surface area contributed by atoms with E-state index in [9.17, 15) is 0 Å². The molecule has 1 aliphatic rings. The Morgan fingerprint density at radius 3 is 3.25 bits per heavy atom. The van der Waals surface area contributed by atoms with Gasteiger partial charge in [-0.15, -0.1) is 0 Å². The van der Waals surface area contributed by atoms with E-state index in [1.54, 1.807) is 7.11 Å². The van der Waals surface area contributed by atoms with Gasteiger partial charge in [-0.3, -0.25) is 0 Å². The van der Waals surface area contributed by atoms with Gasteiger partial charge in [0.2, 0.25) is 5.13 Å². The number of rotatable bonds is 5. The van der Waals surface area contributed by atoms with Crippen LogP contribution in [0.5, 0.6) is 0 Å². The van der Waals surface area contributed by atoms with E-state index in [2.05, 4.69) is 21.6 Å². The predicted octanol–water partition coefficient (Wildman–Crippen LogP) is 1.66. The lowest BCUT2D eigenvalue weighted by Gasteiger charge is -2.18. The summed E-state index contributed by atoms with van der Waals surface area (Å²) in [6.45, 7) is 3.46. The van der Waals surface area contributed by atoms with Crippen molar-refractivity contribution in [3.05, 3.63) is 5.82 Å². The van der Waals surface area contributed by atoms with Crippen LogP contribution < -0.4 is 5.32 Å². The second-order valence-corrected chi connectivity index (χ2v) is 4.69. The highest BCUT2D eigenvalue weighted by Gasteiger charge is 2.22. The average molecular weight is 243 g/mol. The first-order valence-corrected chi connectivity index (χ1v) is 6.26. The molecule has 2 heterocycles. The lowest BCUT2D eigenvalue weighted by molar-refractivity contribution is 0.0996. The van der Waals surface area contributed by atoms with Gasteiger partial charge in [0.25, 0.3) is 0 Å². The van der Waals surface area contributed by atoms with Crippen LogP contribution in [0.25, 0.3) is 0 Å². The Kier molecular flexibility index (Phi) is 4.09. The third-order valence-electron chi connectivity index (χ3n) is 2.62. The van der Waals surface area contributed by atoms with Crippen LogP contribution in [0.15, 0.2) is 0 Å². The van der Waals surface area contributed by atoms with Gasteiger partial charge in [0.15, 0.2) is 5.82 Å². The van der Waals surface area contributed by atoms with Gasteiger partial charge in [0, 0.05) is 25.2 Å². The quantitative estimate of drug-likeness (QED) is 0.852. The van der Waals surface area contributed by atoms with Crippen LogP contribution in [0.3, 0.4) is 0 Å². The van der Waals surface area contributed by atoms with Gasteiger partial charge in [-0.25, -0.2) is 4.98 Å². The molecule has 5 nitrogen and oxygen atoms in total. The minimum Gasteiger partial charge on any atom is -0.377 e. The van der Waals surface area contributed by atoms with E-state index < -0.39 is 0 Å². The Balaban J connectivity index is 1.87. The van der Waals surface area contributed by atoms with Crippen molar-refractivity contribution in [2.24, 2.45) is 0 Å². The maximum absolute atomic E-state index is 5.61. The molecule has 2 atom stereocenters. The van der Waals surface area contributed by atoms with Gasteiger partial charge in [-0.2, -0.15) is 4.37 Å². The zero-order valence-corrected chi connectivity index (χ0v) is 10.4. The molecule has 0 aliphatic carbocycles. The summed E-state index contributed by atoms with van der Waals surface area (Å²) in [6, 6.07) is 0.283. The molecule has 0 spiro atoms. The van der Waals surface area contributed by atoms with Crippen molar-refractivity contribution in [3.63, 3.8) is 0 Å². The minimum atomic E-state index is 0.283. The molecule has 16 heavy (non-hydrogen) atoms. The average Bonchev–Trinajstić information content (AvgIpc) is 2.89. The molecule has 0 radical (unpaired) electrons. The molecule has 6 heteroatoms. The smallest absolute Gasteiger partial charge is 0.202 e. The number of hydrogen-bond acceptors (Lipinski definition) is 6. The number of ether oxygens (including phenoxy) is 2. The number of nitrogens with one attached hydrogen (secondary N) is 1. The number of anilines is 1. The van der Waals surface area contributed by atoms with Crippen LogP contribution in [0.4, 0.5) is 5.13 Å². The first-order valence-electron chi connectivity index (χ1n) is 5.49. The molecule has 1 aromatic heterocycles. The molecule has 1 fully saturated rings. The maximum atomic E-state index is 5.61. The molecule has 0 bridgehead atoms. The predicted molar refractivity (Wildman–Crippen MR) is 62.7 cm³/mol. The second kappa shape index (κ2) is 5.56. The van der Waals surface area contributed by atoms with Crippen LogP contribution in [0, 0.1) is 0 Å². The van der Waals surface area contributed by atoms with E-state index in [1.807, 2.05) is 0 Å². The van der Waals surface area contributed by atoms with E-state index in [-0.39, 0.29) is 6.04 Å². The van der Waals surface area contributed by atoms with Crippen molar-refractivity contribution in [2.75, 3.05) is 19.0 Å². The van der Waals surface area contributed by atoms with E-state index in [0.717, 1.165) is 30.4 Å². The van der Waals surface area contributed by atoms with Crippen LogP contribution in [-0.2, 0) is 16.1 Å². The Morgan fingerprint density at radius 2 is 2.56 bits per heavy atom. The van der Waals surface area contributed by atoms with Crippen LogP contribution in [-0.4, -0.2) is 35.2 Å². The van der Waals surface area contributed by atoms with E-state index in [1.165, 1.54) is 11.5 Å². The summed E-state index contributed by atoms with van der Waals surface area (Å²) in [4.78, 5) is 4.33. The van der Waals surface area contributed by atoms with E-state index in [0.29, 0.717) is 12.7 Å².